The van der Waals surface area contributed by atoms with Crippen LogP contribution in [0, 0.1) is 5.92 Å². The smallest absolute Gasteiger partial charge is 0.243 e. The number of ether oxygens (including phenoxy) is 1. The molecule has 6 nitrogen and oxygen atoms in total. The van der Waals surface area contributed by atoms with Crippen molar-refractivity contribution >= 4 is 24.5 Å². The zero-order valence-corrected chi connectivity index (χ0v) is 18.7. The van der Waals surface area contributed by atoms with Crippen LogP contribution >= 0.6 is 7.37 Å². The highest BCUT2D eigenvalue weighted by Gasteiger charge is 2.35. The van der Waals surface area contributed by atoms with Gasteiger partial charge < -0.3 is 15.4 Å². The molecule has 0 bridgehead atoms. The summed E-state index contributed by atoms with van der Waals surface area (Å²) in [6.07, 6.45) is 6.24. The lowest BCUT2D eigenvalue weighted by Gasteiger charge is -2.32. The summed E-state index contributed by atoms with van der Waals surface area (Å²) in [6.45, 7) is 5.45. The van der Waals surface area contributed by atoms with Gasteiger partial charge in [0.1, 0.15) is 11.3 Å². The fourth-order valence-electron chi connectivity index (χ4n) is 4.66. The van der Waals surface area contributed by atoms with Crippen molar-refractivity contribution in [1.29, 1.82) is 0 Å². The third-order valence-corrected chi connectivity index (χ3v) is 7.36. The van der Waals surface area contributed by atoms with Crippen LogP contribution in [-0.4, -0.2) is 34.0 Å². The third kappa shape index (κ3) is 4.45. The molecule has 2 heterocycles. The Hall–Kier alpha value is -2.17. The molecule has 1 unspecified atom stereocenters. The van der Waals surface area contributed by atoms with Gasteiger partial charge in [0.05, 0.1) is 11.4 Å². The monoisotopic (exact) mass is 427 g/mol. The fraction of sp³-hybridized carbons (Fsp3) is 0.478. The average molecular weight is 427 g/mol. The van der Waals surface area contributed by atoms with E-state index in [-0.39, 0.29) is 0 Å². The van der Waals surface area contributed by atoms with Crippen LogP contribution in [-0.2, 0) is 4.57 Å². The van der Waals surface area contributed by atoms with Crippen LogP contribution in [0.1, 0.15) is 56.6 Å². The van der Waals surface area contributed by atoms with E-state index in [1.807, 2.05) is 13.8 Å². The van der Waals surface area contributed by atoms with Crippen LogP contribution in [0.5, 0.6) is 5.88 Å². The van der Waals surface area contributed by atoms with Gasteiger partial charge in [-0.3, -0.25) is 4.57 Å². The van der Waals surface area contributed by atoms with Crippen LogP contribution in [0.15, 0.2) is 41.5 Å². The van der Waals surface area contributed by atoms with Gasteiger partial charge in [-0.2, -0.15) is 0 Å². The van der Waals surface area contributed by atoms with Gasteiger partial charge in [-0.15, -0.1) is 0 Å². The second kappa shape index (κ2) is 7.82. The molecule has 1 aromatic carbocycles. The van der Waals surface area contributed by atoms with Crippen LogP contribution in [0.4, 0.5) is 11.4 Å². The average Bonchev–Trinajstić information content (AvgIpc) is 2.67. The molecule has 0 radical (unpaired) electrons. The van der Waals surface area contributed by atoms with Gasteiger partial charge >= 0.3 is 0 Å². The largest absolute Gasteiger partial charge is 0.463 e. The van der Waals surface area contributed by atoms with Gasteiger partial charge in [-0.25, -0.2) is 9.98 Å². The number of aromatic nitrogens is 1. The van der Waals surface area contributed by atoms with E-state index < -0.39 is 13.0 Å². The predicted octanol–water partition coefficient (Wildman–Crippen LogP) is 5.13. The van der Waals surface area contributed by atoms with Gasteiger partial charge in [-0.1, -0.05) is 24.3 Å². The highest BCUT2D eigenvalue weighted by atomic mass is 31.2. The molecule has 0 amide bonds. The van der Waals surface area contributed by atoms with E-state index in [9.17, 15) is 9.46 Å². The lowest BCUT2D eigenvalue weighted by molar-refractivity contribution is 0.171. The molecule has 0 saturated heterocycles. The number of fused-ring (bicyclic) bond motifs is 1. The Labute approximate surface area is 178 Å². The van der Waals surface area contributed by atoms with E-state index in [1.165, 1.54) is 12.2 Å². The first kappa shape index (κ1) is 21.1. The predicted molar refractivity (Wildman–Crippen MR) is 121 cm³/mol. The summed E-state index contributed by atoms with van der Waals surface area (Å²) >= 11 is 0. The van der Waals surface area contributed by atoms with Crippen molar-refractivity contribution in [3.8, 4) is 5.88 Å². The number of nitrogen functional groups attached to an aromatic ring is 1. The minimum absolute atomic E-state index is 0.370. The normalized spacial score (nSPS) is 24.9. The van der Waals surface area contributed by atoms with Crippen molar-refractivity contribution in [2.75, 3.05) is 18.6 Å². The lowest BCUT2D eigenvalue weighted by Crippen LogP contribution is -2.41. The molecule has 1 aliphatic carbocycles. The van der Waals surface area contributed by atoms with E-state index in [0.717, 1.165) is 37.0 Å². The van der Waals surface area contributed by atoms with Gasteiger partial charge in [-0.05, 0) is 63.0 Å². The van der Waals surface area contributed by atoms with Crippen molar-refractivity contribution < 1.29 is 14.2 Å². The molecule has 1 fully saturated rings. The van der Waals surface area contributed by atoms with Crippen molar-refractivity contribution in [1.82, 2.24) is 4.98 Å². The van der Waals surface area contributed by atoms with E-state index in [0.29, 0.717) is 35.3 Å². The quantitative estimate of drug-likeness (QED) is 0.659. The molecule has 1 aliphatic heterocycles. The van der Waals surface area contributed by atoms with Crippen molar-refractivity contribution in [3.63, 3.8) is 0 Å². The molecule has 2 aliphatic rings. The molecule has 3 N–H and O–H groups in total. The first-order valence-electron chi connectivity index (χ1n) is 10.5. The molecule has 2 aromatic rings. The summed E-state index contributed by atoms with van der Waals surface area (Å²) in [5, 5.41) is 0. The second-order valence-electron chi connectivity index (χ2n) is 9.20. The maximum absolute atomic E-state index is 11.7. The van der Waals surface area contributed by atoms with Crippen LogP contribution in [0.3, 0.4) is 0 Å². The second-order valence-corrected chi connectivity index (χ2v) is 11.7. The zero-order chi connectivity index (χ0) is 21.5. The Bertz CT molecular complexity index is 1000. The van der Waals surface area contributed by atoms with Crippen molar-refractivity contribution in [2.24, 2.45) is 10.9 Å². The van der Waals surface area contributed by atoms with Crippen LogP contribution in [0.25, 0.3) is 0 Å². The topological polar surface area (TPSA) is 97.8 Å². The Kier molecular flexibility index (Phi) is 5.50. The van der Waals surface area contributed by atoms with E-state index in [2.05, 4.69) is 29.2 Å². The van der Waals surface area contributed by atoms with Crippen molar-refractivity contribution in [3.05, 3.63) is 47.7 Å². The minimum Gasteiger partial charge on any atom is -0.463 e. The first-order valence-corrected chi connectivity index (χ1v) is 12.8. The summed E-state index contributed by atoms with van der Waals surface area (Å²) in [7, 11) is -2.93. The van der Waals surface area contributed by atoms with E-state index in [1.54, 1.807) is 12.3 Å². The Morgan fingerprint density at radius 2 is 1.83 bits per heavy atom. The summed E-state index contributed by atoms with van der Waals surface area (Å²) < 4.78 is 17.8. The van der Waals surface area contributed by atoms with E-state index in [4.69, 9.17) is 15.5 Å². The number of hydrogen-bond acceptors (Lipinski definition) is 5. The van der Waals surface area contributed by atoms with Gasteiger partial charge in [0, 0.05) is 24.6 Å². The lowest BCUT2D eigenvalue weighted by atomic mass is 9.79. The number of nitrogens with zero attached hydrogens (tertiary/aromatic N) is 2. The Balaban J connectivity index is 1.52. The standard InChI is InChI=1S/C23H30N3O3P/c1-23(2)21(26-20-19(24)12-13-25-22(20)29-23)18-10-8-17(9-11-18)16-6-4-15(5-7-16)14-30(3,27)28/h8-13,15-16H,4-7,14H2,1-3H3,(H2,24,25)(H,27,28). The summed E-state index contributed by atoms with van der Waals surface area (Å²) in [5.41, 5.74) is 9.79. The maximum Gasteiger partial charge on any atom is 0.243 e. The Morgan fingerprint density at radius 3 is 2.47 bits per heavy atom. The number of pyridine rings is 1. The van der Waals surface area contributed by atoms with Gasteiger partial charge in [0.15, 0.2) is 7.37 Å². The molecule has 7 heteroatoms. The number of hydrogen-bond donors (Lipinski definition) is 2. The molecule has 160 valence electrons. The molecule has 1 aromatic heterocycles. The highest BCUT2D eigenvalue weighted by Crippen LogP contribution is 2.45. The number of benzene rings is 1. The van der Waals surface area contributed by atoms with Crippen LogP contribution < -0.4 is 10.5 Å². The van der Waals surface area contributed by atoms with Crippen molar-refractivity contribution in [2.45, 2.75) is 51.0 Å². The summed E-state index contributed by atoms with van der Waals surface area (Å²) in [5.74, 6) is 1.34. The molecule has 1 atom stereocenters. The van der Waals surface area contributed by atoms with Crippen LogP contribution in [0.2, 0.25) is 0 Å². The van der Waals surface area contributed by atoms with Gasteiger partial charge in [0.25, 0.3) is 0 Å². The summed E-state index contributed by atoms with van der Waals surface area (Å²) in [6, 6.07) is 10.3. The third-order valence-electron chi connectivity index (χ3n) is 6.17. The molecule has 30 heavy (non-hydrogen) atoms. The van der Waals surface area contributed by atoms with E-state index >= 15 is 0 Å². The molecular formula is C23H30N3O3P. The molecule has 0 spiro atoms. The number of anilines is 1. The molecule has 1 saturated carbocycles. The fourth-order valence-corrected chi connectivity index (χ4v) is 5.98. The minimum atomic E-state index is -2.93. The molecular weight excluding hydrogens is 397 g/mol. The highest BCUT2D eigenvalue weighted by molar-refractivity contribution is 7.57. The first-order chi connectivity index (χ1) is 14.1. The summed E-state index contributed by atoms with van der Waals surface area (Å²) in [4.78, 5) is 18.7. The SMILES string of the molecule is CC1(C)Oc2nccc(N)c2N=C1c1ccc(C2CCC(CP(C)(=O)O)CC2)cc1. The Morgan fingerprint density at radius 1 is 1.17 bits per heavy atom. The van der Waals surface area contributed by atoms with Gasteiger partial charge in [0.2, 0.25) is 5.88 Å². The number of nitrogens with two attached hydrogens (primary N) is 1. The zero-order valence-electron chi connectivity index (χ0n) is 17.8. The number of rotatable bonds is 4. The maximum atomic E-state index is 11.7. The number of aliphatic imine (C=N–C) groups is 1. The molecule has 4 rings (SSSR count).